The number of nitrogens with zero attached hydrogens (tertiary/aromatic N) is 5. The molecule has 0 radical (unpaired) electrons. The Morgan fingerprint density at radius 3 is 2.57 bits per heavy atom. The first kappa shape index (κ1) is 24.2. The molecule has 9 nitrogen and oxygen atoms in total. The first-order valence-electron chi connectivity index (χ1n) is 13.6. The molecule has 4 aliphatic rings. The zero-order valence-corrected chi connectivity index (χ0v) is 21.4. The molecule has 0 aliphatic carbocycles. The molecule has 0 unspecified atom stereocenters. The van der Waals surface area contributed by atoms with Crippen LogP contribution in [0.15, 0.2) is 37.2 Å². The van der Waals surface area contributed by atoms with E-state index in [1.807, 2.05) is 4.90 Å². The first-order valence-corrected chi connectivity index (χ1v) is 13.6. The van der Waals surface area contributed by atoms with Gasteiger partial charge in [0, 0.05) is 32.2 Å². The highest BCUT2D eigenvalue weighted by Gasteiger charge is 2.30. The van der Waals surface area contributed by atoms with Crippen molar-refractivity contribution in [2.75, 3.05) is 62.7 Å². The van der Waals surface area contributed by atoms with E-state index in [0.717, 1.165) is 93.6 Å². The highest BCUT2D eigenvalue weighted by atomic mass is 16.5. The molecule has 5 heterocycles. The number of anilines is 3. The van der Waals surface area contributed by atoms with Gasteiger partial charge in [-0.3, -0.25) is 4.79 Å². The Labute approximate surface area is 218 Å². The molecule has 9 heteroatoms. The van der Waals surface area contributed by atoms with Crippen molar-refractivity contribution < 1.29 is 14.3 Å². The number of rotatable bonds is 4. The van der Waals surface area contributed by atoms with Crippen LogP contribution in [0.3, 0.4) is 0 Å². The van der Waals surface area contributed by atoms with Crippen LogP contribution in [0.2, 0.25) is 0 Å². The van der Waals surface area contributed by atoms with Crippen LogP contribution in [0.25, 0.3) is 0 Å². The first-order chi connectivity index (χ1) is 18.2. The highest BCUT2D eigenvalue weighted by molar-refractivity contribution is 5.87. The fourth-order valence-electron chi connectivity index (χ4n) is 6.17. The van der Waals surface area contributed by atoms with Crippen molar-refractivity contribution in [2.45, 2.75) is 44.2 Å². The van der Waals surface area contributed by atoms with Crippen LogP contribution in [0.1, 0.15) is 42.7 Å². The summed E-state index contributed by atoms with van der Waals surface area (Å²) < 4.78 is 11.8. The molecule has 2 aromatic rings. The SMILES string of the molecule is C=CC(=O)N1CCC(N2CCC(c3ccc4c(c3)Nc3ncnc(N5CCOCC5)c3CO4)CC2)CC1. The van der Waals surface area contributed by atoms with Gasteiger partial charge in [-0.25, -0.2) is 9.97 Å². The molecule has 196 valence electrons. The summed E-state index contributed by atoms with van der Waals surface area (Å²) >= 11 is 0. The second-order valence-electron chi connectivity index (χ2n) is 10.4. The lowest BCUT2D eigenvalue weighted by molar-refractivity contribution is -0.127. The molecule has 1 aromatic heterocycles. The van der Waals surface area contributed by atoms with Gasteiger partial charge in [0.25, 0.3) is 0 Å². The van der Waals surface area contributed by atoms with Crippen LogP contribution >= 0.6 is 0 Å². The molecule has 0 atom stereocenters. The van der Waals surface area contributed by atoms with Gasteiger partial charge in [-0.05, 0) is 68.5 Å². The fraction of sp³-hybridized carbons (Fsp3) is 0.536. The van der Waals surface area contributed by atoms with Gasteiger partial charge < -0.3 is 29.5 Å². The molecule has 0 spiro atoms. The zero-order valence-electron chi connectivity index (χ0n) is 21.4. The molecule has 1 amide bonds. The van der Waals surface area contributed by atoms with Gasteiger partial charge in [-0.15, -0.1) is 0 Å². The number of carbonyl (C=O) groups excluding carboxylic acids is 1. The number of ether oxygens (including phenoxy) is 2. The topological polar surface area (TPSA) is 83.1 Å². The Morgan fingerprint density at radius 2 is 1.81 bits per heavy atom. The normalized spacial score (nSPS) is 21.3. The van der Waals surface area contributed by atoms with E-state index in [4.69, 9.17) is 9.47 Å². The summed E-state index contributed by atoms with van der Waals surface area (Å²) in [5.74, 6) is 3.20. The number of amides is 1. The van der Waals surface area contributed by atoms with Gasteiger partial charge in [0.05, 0.1) is 24.5 Å². The van der Waals surface area contributed by atoms with E-state index in [0.29, 0.717) is 31.8 Å². The number of fused-ring (bicyclic) bond motifs is 2. The average molecular weight is 505 g/mol. The predicted octanol–water partition coefficient (Wildman–Crippen LogP) is 3.31. The molecule has 4 aliphatic heterocycles. The Hall–Kier alpha value is -3.17. The molecular weight excluding hydrogens is 468 g/mol. The number of nitrogens with one attached hydrogen (secondary N) is 1. The van der Waals surface area contributed by atoms with E-state index in [9.17, 15) is 4.79 Å². The number of hydrogen-bond donors (Lipinski definition) is 1. The van der Waals surface area contributed by atoms with Gasteiger partial charge in [0.1, 0.15) is 30.3 Å². The predicted molar refractivity (Wildman–Crippen MR) is 142 cm³/mol. The van der Waals surface area contributed by atoms with Crippen molar-refractivity contribution in [3.05, 3.63) is 48.3 Å². The van der Waals surface area contributed by atoms with E-state index in [1.54, 1.807) is 6.33 Å². The van der Waals surface area contributed by atoms with Crippen LogP contribution in [0.5, 0.6) is 5.75 Å². The second kappa shape index (κ2) is 10.7. The summed E-state index contributed by atoms with van der Waals surface area (Å²) in [5.41, 5.74) is 3.33. The number of aromatic nitrogens is 2. The third kappa shape index (κ3) is 5.02. The van der Waals surface area contributed by atoms with E-state index < -0.39 is 0 Å². The van der Waals surface area contributed by atoms with Crippen molar-refractivity contribution in [2.24, 2.45) is 0 Å². The largest absolute Gasteiger partial charge is 0.486 e. The summed E-state index contributed by atoms with van der Waals surface area (Å²) in [6, 6.07) is 7.16. The van der Waals surface area contributed by atoms with Crippen molar-refractivity contribution in [3.63, 3.8) is 0 Å². The molecule has 0 saturated carbocycles. The Bertz CT molecular complexity index is 1130. The fourth-order valence-corrected chi connectivity index (χ4v) is 6.17. The minimum atomic E-state index is 0.0596. The molecule has 6 rings (SSSR count). The second-order valence-corrected chi connectivity index (χ2v) is 10.4. The van der Waals surface area contributed by atoms with E-state index >= 15 is 0 Å². The maximum atomic E-state index is 11.9. The summed E-state index contributed by atoms with van der Waals surface area (Å²) in [7, 11) is 0. The minimum absolute atomic E-state index is 0.0596. The average Bonchev–Trinajstić information content (AvgIpc) is 3.16. The lowest BCUT2D eigenvalue weighted by Crippen LogP contribution is -2.48. The van der Waals surface area contributed by atoms with Crippen molar-refractivity contribution in [3.8, 4) is 5.75 Å². The van der Waals surface area contributed by atoms with Crippen LogP contribution in [-0.4, -0.2) is 84.2 Å². The van der Waals surface area contributed by atoms with Crippen molar-refractivity contribution in [1.82, 2.24) is 19.8 Å². The van der Waals surface area contributed by atoms with Crippen LogP contribution in [0.4, 0.5) is 17.3 Å². The summed E-state index contributed by atoms with van der Waals surface area (Å²) in [6.07, 6.45) is 7.47. The standard InChI is InChI=1S/C28H36N6O3/c1-2-26(35)33-11-7-22(8-12-33)32-9-5-20(6-10-32)21-3-4-25-24(17-21)31-27-23(18-37-25)28(30-19-29-27)34-13-15-36-16-14-34/h2-4,17,19-20,22H,1,5-16,18H2,(H,29,30,31). The van der Waals surface area contributed by atoms with Crippen LogP contribution in [0, 0.1) is 0 Å². The van der Waals surface area contributed by atoms with E-state index in [-0.39, 0.29) is 5.91 Å². The summed E-state index contributed by atoms with van der Waals surface area (Å²) in [4.78, 5) is 27.9. The summed E-state index contributed by atoms with van der Waals surface area (Å²) in [5, 5.41) is 3.56. The van der Waals surface area contributed by atoms with E-state index in [1.165, 1.54) is 11.6 Å². The quantitative estimate of drug-likeness (QED) is 0.635. The molecule has 3 fully saturated rings. The third-order valence-electron chi connectivity index (χ3n) is 8.33. The Balaban J connectivity index is 1.11. The van der Waals surface area contributed by atoms with E-state index in [2.05, 4.69) is 49.9 Å². The van der Waals surface area contributed by atoms with Gasteiger partial charge in [-0.2, -0.15) is 0 Å². The smallest absolute Gasteiger partial charge is 0.245 e. The van der Waals surface area contributed by atoms with Gasteiger partial charge in [-0.1, -0.05) is 12.6 Å². The molecule has 3 saturated heterocycles. The van der Waals surface area contributed by atoms with Crippen LogP contribution in [-0.2, 0) is 16.1 Å². The monoisotopic (exact) mass is 504 g/mol. The number of morpholine rings is 1. The van der Waals surface area contributed by atoms with Crippen LogP contribution < -0.4 is 15.0 Å². The molecule has 1 aromatic carbocycles. The maximum absolute atomic E-state index is 11.9. The number of benzene rings is 1. The Kier molecular flexibility index (Phi) is 6.97. The number of piperidine rings is 2. The third-order valence-corrected chi connectivity index (χ3v) is 8.33. The molecule has 37 heavy (non-hydrogen) atoms. The highest BCUT2D eigenvalue weighted by Crippen LogP contribution is 2.39. The summed E-state index contributed by atoms with van der Waals surface area (Å²) in [6.45, 7) is 11.0. The van der Waals surface area contributed by atoms with Gasteiger partial charge in [0.15, 0.2) is 0 Å². The molecule has 1 N–H and O–H groups in total. The minimum Gasteiger partial charge on any atom is -0.486 e. The van der Waals surface area contributed by atoms with Crippen molar-refractivity contribution >= 4 is 23.2 Å². The lowest BCUT2D eigenvalue weighted by Gasteiger charge is -2.41. The van der Waals surface area contributed by atoms with Crippen molar-refractivity contribution in [1.29, 1.82) is 0 Å². The van der Waals surface area contributed by atoms with Gasteiger partial charge >= 0.3 is 0 Å². The maximum Gasteiger partial charge on any atom is 0.245 e. The zero-order chi connectivity index (χ0) is 25.2. The molecular formula is C28H36N6O3. The Morgan fingerprint density at radius 1 is 1.03 bits per heavy atom. The lowest BCUT2D eigenvalue weighted by atomic mass is 9.87. The number of likely N-dealkylation sites (tertiary alicyclic amines) is 2. The number of hydrogen-bond acceptors (Lipinski definition) is 8. The number of carbonyl (C=O) groups is 1. The van der Waals surface area contributed by atoms with Gasteiger partial charge in [0.2, 0.25) is 5.91 Å². The molecule has 0 bridgehead atoms.